The second-order valence-corrected chi connectivity index (χ2v) is 6.19. The van der Waals surface area contributed by atoms with Crippen molar-refractivity contribution in [3.05, 3.63) is 34.0 Å². The Labute approximate surface area is 130 Å². The van der Waals surface area contributed by atoms with Crippen molar-refractivity contribution >= 4 is 39.2 Å². The van der Waals surface area contributed by atoms with E-state index in [2.05, 4.69) is 30.9 Å². The van der Waals surface area contributed by atoms with Crippen LogP contribution in [0.3, 0.4) is 0 Å². The zero-order valence-corrected chi connectivity index (χ0v) is 13.2. The molecule has 0 amide bonds. The predicted molar refractivity (Wildman–Crippen MR) is 84.1 cm³/mol. The Kier molecular flexibility index (Phi) is 3.85. The molecule has 0 spiro atoms. The van der Waals surface area contributed by atoms with Gasteiger partial charge in [-0.3, -0.25) is 4.68 Å². The minimum Gasteiger partial charge on any atom is -0.382 e. The van der Waals surface area contributed by atoms with Gasteiger partial charge in [0.25, 0.3) is 0 Å². The summed E-state index contributed by atoms with van der Waals surface area (Å²) in [6.07, 6.45) is 5.68. The summed E-state index contributed by atoms with van der Waals surface area (Å²) in [5, 5.41) is 4.94. The molecule has 0 unspecified atom stereocenters. The number of aromatic nitrogens is 3. The van der Waals surface area contributed by atoms with E-state index in [9.17, 15) is 0 Å². The van der Waals surface area contributed by atoms with E-state index in [0.717, 1.165) is 36.2 Å². The second-order valence-electron chi connectivity index (χ2n) is 4.90. The quantitative estimate of drug-likeness (QED) is 0.898. The SMILES string of the molecule is Nc1ccn(C2CCN(c3ncc(Cl)cc3Br)CC2)n1. The highest BCUT2D eigenvalue weighted by Gasteiger charge is 2.23. The summed E-state index contributed by atoms with van der Waals surface area (Å²) < 4.78 is 2.91. The summed E-state index contributed by atoms with van der Waals surface area (Å²) >= 11 is 9.45. The lowest BCUT2D eigenvalue weighted by Crippen LogP contribution is -2.35. The molecule has 1 aliphatic heterocycles. The lowest BCUT2D eigenvalue weighted by molar-refractivity contribution is 0.366. The van der Waals surface area contributed by atoms with E-state index in [1.165, 1.54) is 0 Å². The maximum Gasteiger partial charge on any atom is 0.145 e. The molecular formula is C13H15BrClN5. The van der Waals surface area contributed by atoms with Crippen LogP contribution in [0.15, 0.2) is 29.0 Å². The maximum atomic E-state index is 5.93. The van der Waals surface area contributed by atoms with E-state index in [1.807, 2.05) is 23.0 Å². The van der Waals surface area contributed by atoms with Gasteiger partial charge in [0.15, 0.2) is 0 Å². The van der Waals surface area contributed by atoms with Gasteiger partial charge in [0.05, 0.1) is 15.5 Å². The van der Waals surface area contributed by atoms with E-state index in [-0.39, 0.29) is 0 Å². The average molecular weight is 357 g/mol. The first-order valence-electron chi connectivity index (χ1n) is 6.50. The van der Waals surface area contributed by atoms with Gasteiger partial charge in [0.1, 0.15) is 11.6 Å². The minimum absolute atomic E-state index is 0.412. The van der Waals surface area contributed by atoms with Gasteiger partial charge >= 0.3 is 0 Å². The number of hydrogen-bond acceptors (Lipinski definition) is 4. The third-order valence-electron chi connectivity index (χ3n) is 3.56. The van der Waals surface area contributed by atoms with Gasteiger partial charge in [-0.1, -0.05) is 11.6 Å². The van der Waals surface area contributed by atoms with Crippen LogP contribution in [0.5, 0.6) is 0 Å². The number of rotatable bonds is 2. The van der Waals surface area contributed by atoms with Gasteiger partial charge in [0.2, 0.25) is 0 Å². The van der Waals surface area contributed by atoms with Gasteiger partial charge in [-0.25, -0.2) is 4.98 Å². The summed E-state index contributed by atoms with van der Waals surface area (Å²) in [6, 6.07) is 4.13. The predicted octanol–water partition coefficient (Wildman–Crippen LogP) is 3.12. The van der Waals surface area contributed by atoms with E-state index in [4.69, 9.17) is 17.3 Å². The lowest BCUT2D eigenvalue weighted by Gasteiger charge is -2.33. The fourth-order valence-corrected chi connectivity index (χ4v) is 3.43. The van der Waals surface area contributed by atoms with Crippen LogP contribution < -0.4 is 10.6 Å². The summed E-state index contributed by atoms with van der Waals surface area (Å²) in [6.45, 7) is 1.88. The van der Waals surface area contributed by atoms with Crippen molar-refractivity contribution < 1.29 is 0 Å². The molecule has 0 aliphatic carbocycles. The third kappa shape index (κ3) is 2.76. The molecule has 2 N–H and O–H groups in total. The smallest absolute Gasteiger partial charge is 0.145 e. The Morgan fingerprint density at radius 1 is 1.35 bits per heavy atom. The summed E-state index contributed by atoms with van der Waals surface area (Å²) in [7, 11) is 0. The molecule has 2 aromatic rings. The highest BCUT2D eigenvalue weighted by molar-refractivity contribution is 9.10. The number of pyridine rings is 1. The fourth-order valence-electron chi connectivity index (χ4n) is 2.54. The average Bonchev–Trinajstić information content (AvgIpc) is 2.86. The molecule has 1 saturated heterocycles. The van der Waals surface area contributed by atoms with Gasteiger partial charge in [-0.05, 0) is 40.9 Å². The minimum atomic E-state index is 0.412. The highest BCUT2D eigenvalue weighted by Crippen LogP contribution is 2.31. The Morgan fingerprint density at radius 3 is 2.70 bits per heavy atom. The molecule has 2 aromatic heterocycles. The van der Waals surface area contributed by atoms with Crippen LogP contribution in [-0.4, -0.2) is 27.9 Å². The molecule has 3 heterocycles. The van der Waals surface area contributed by atoms with E-state index >= 15 is 0 Å². The van der Waals surface area contributed by atoms with Crippen molar-refractivity contribution in [3.63, 3.8) is 0 Å². The molecule has 0 saturated carbocycles. The van der Waals surface area contributed by atoms with E-state index < -0.39 is 0 Å². The van der Waals surface area contributed by atoms with Gasteiger partial charge in [0, 0.05) is 25.5 Å². The fraction of sp³-hybridized carbons (Fsp3) is 0.385. The van der Waals surface area contributed by atoms with Crippen molar-refractivity contribution in [1.29, 1.82) is 0 Å². The van der Waals surface area contributed by atoms with Crippen molar-refractivity contribution in [3.8, 4) is 0 Å². The number of anilines is 2. The van der Waals surface area contributed by atoms with Crippen LogP contribution in [0.1, 0.15) is 18.9 Å². The zero-order valence-electron chi connectivity index (χ0n) is 10.8. The van der Waals surface area contributed by atoms with E-state index in [1.54, 1.807) is 6.20 Å². The van der Waals surface area contributed by atoms with Crippen molar-refractivity contribution in [2.24, 2.45) is 0 Å². The molecule has 3 rings (SSSR count). The Morgan fingerprint density at radius 2 is 2.10 bits per heavy atom. The Bertz CT molecular complexity index is 607. The third-order valence-corrected chi connectivity index (χ3v) is 4.35. The lowest BCUT2D eigenvalue weighted by atomic mass is 10.1. The molecule has 1 aliphatic rings. The topological polar surface area (TPSA) is 60.0 Å². The van der Waals surface area contributed by atoms with Crippen molar-refractivity contribution in [1.82, 2.24) is 14.8 Å². The van der Waals surface area contributed by atoms with Gasteiger partial charge < -0.3 is 10.6 Å². The molecule has 0 atom stereocenters. The van der Waals surface area contributed by atoms with Gasteiger partial charge in [-0.2, -0.15) is 5.10 Å². The molecule has 7 heteroatoms. The normalized spacial score (nSPS) is 16.6. The maximum absolute atomic E-state index is 5.93. The molecule has 1 fully saturated rings. The summed E-state index contributed by atoms with van der Waals surface area (Å²) in [5.74, 6) is 1.53. The summed E-state index contributed by atoms with van der Waals surface area (Å²) in [4.78, 5) is 6.68. The van der Waals surface area contributed by atoms with Crippen LogP contribution in [0.25, 0.3) is 0 Å². The largest absolute Gasteiger partial charge is 0.382 e. The number of halogens is 2. The van der Waals surface area contributed by atoms with Gasteiger partial charge in [-0.15, -0.1) is 0 Å². The van der Waals surface area contributed by atoms with Crippen LogP contribution in [0.4, 0.5) is 11.6 Å². The monoisotopic (exact) mass is 355 g/mol. The molecule has 106 valence electrons. The van der Waals surface area contributed by atoms with Crippen LogP contribution in [-0.2, 0) is 0 Å². The zero-order chi connectivity index (χ0) is 14.1. The van der Waals surface area contributed by atoms with Crippen LogP contribution in [0.2, 0.25) is 5.02 Å². The van der Waals surface area contributed by atoms with E-state index in [0.29, 0.717) is 16.9 Å². The first-order chi connectivity index (χ1) is 9.63. The van der Waals surface area contributed by atoms with Crippen molar-refractivity contribution in [2.75, 3.05) is 23.7 Å². The number of piperidine rings is 1. The molecular weight excluding hydrogens is 342 g/mol. The molecule has 0 bridgehead atoms. The standard InChI is InChI=1S/C13H15BrClN5/c14-11-7-9(15)8-17-13(11)19-4-1-10(2-5-19)20-6-3-12(16)18-20/h3,6-8,10H,1-2,4-5H2,(H2,16,18). The summed E-state index contributed by atoms with van der Waals surface area (Å²) in [5.41, 5.74) is 5.67. The van der Waals surface area contributed by atoms with Crippen LogP contribution >= 0.6 is 27.5 Å². The number of hydrogen-bond donors (Lipinski definition) is 1. The first-order valence-corrected chi connectivity index (χ1v) is 7.67. The molecule has 0 aromatic carbocycles. The number of nitrogens with two attached hydrogens (primary N) is 1. The molecule has 0 radical (unpaired) electrons. The molecule has 20 heavy (non-hydrogen) atoms. The number of nitrogens with zero attached hydrogens (tertiary/aromatic N) is 4. The second kappa shape index (κ2) is 5.61. The number of nitrogen functional groups attached to an aromatic ring is 1. The Balaban J connectivity index is 1.69. The van der Waals surface area contributed by atoms with Crippen molar-refractivity contribution in [2.45, 2.75) is 18.9 Å². The van der Waals surface area contributed by atoms with Crippen LogP contribution in [0, 0.1) is 0 Å². The molecule has 5 nitrogen and oxygen atoms in total. The Hall–Kier alpha value is -1.27. The first kappa shape index (κ1) is 13.7. The highest BCUT2D eigenvalue weighted by atomic mass is 79.9.